The highest BCUT2D eigenvalue weighted by atomic mass is 32.1. The van der Waals surface area contributed by atoms with Crippen molar-refractivity contribution in [3.63, 3.8) is 0 Å². The van der Waals surface area contributed by atoms with Crippen LogP contribution < -0.4 is 11.1 Å². The zero-order chi connectivity index (χ0) is 15.7. The molecule has 1 aromatic carbocycles. The van der Waals surface area contributed by atoms with Crippen LogP contribution in [0.15, 0.2) is 18.2 Å². The average molecular weight is 317 g/mol. The number of thiazole rings is 1. The van der Waals surface area contributed by atoms with Gasteiger partial charge in [0.15, 0.2) is 0 Å². The molecule has 3 N–H and O–H groups in total. The van der Waals surface area contributed by atoms with E-state index in [-0.39, 0.29) is 11.9 Å². The van der Waals surface area contributed by atoms with E-state index < -0.39 is 0 Å². The Morgan fingerprint density at radius 3 is 2.95 bits per heavy atom. The predicted molar refractivity (Wildman–Crippen MR) is 92.3 cm³/mol. The Morgan fingerprint density at radius 2 is 2.27 bits per heavy atom. The number of hydrogen-bond donors (Lipinski definition) is 2. The van der Waals surface area contributed by atoms with Gasteiger partial charge >= 0.3 is 0 Å². The normalized spacial score (nSPS) is 21.6. The number of rotatable bonds is 4. The number of nitrogens with two attached hydrogens (primary N) is 1. The molecule has 1 aromatic heterocycles. The predicted octanol–water partition coefficient (Wildman–Crippen LogP) is 3.88. The molecular formula is C17H23N3OS. The standard InChI is InChI=1S/C17H23N3OS/c1-10(2)17-20-14-7-6-12(9-15(14)22-17)19-16(21)8-11-4-3-5-13(11)18/h6-7,9-11,13H,3-5,8,18H2,1-2H3,(H,19,21)/t11-,13+/m0/s1. The number of nitrogens with one attached hydrogen (secondary N) is 1. The maximum absolute atomic E-state index is 12.2. The summed E-state index contributed by atoms with van der Waals surface area (Å²) in [5, 5.41) is 4.14. The van der Waals surface area contributed by atoms with Gasteiger partial charge < -0.3 is 11.1 Å². The monoisotopic (exact) mass is 317 g/mol. The summed E-state index contributed by atoms with van der Waals surface area (Å²) in [5.74, 6) is 0.828. The topological polar surface area (TPSA) is 68.0 Å². The lowest BCUT2D eigenvalue weighted by Crippen LogP contribution is -2.28. The fourth-order valence-corrected chi connectivity index (χ4v) is 4.05. The molecule has 1 fully saturated rings. The van der Waals surface area contributed by atoms with E-state index in [2.05, 4.69) is 24.1 Å². The van der Waals surface area contributed by atoms with Gasteiger partial charge in [-0.3, -0.25) is 4.79 Å². The average Bonchev–Trinajstić information content (AvgIpc) is 3.05. The van der Waals surface area contributed by atoms with E-state index in [0.29, 0.717) is 18.3 Å². The first-order valence-electron chi connectivity index (χ1n) is 7.99. The van der Waals surface area contributed by atoms with Gasteiger partial charge in [-0.15, -0.1) is 11.3 Å². The van der Waals surface area contributed by atoms with Gasteiger partial charge in [0, 0.05) is 24.1 Å². The van der Waals surface area contributed by atoms with E-state index in [4.69, 9.17) is 5.73 Å². The molecule has 1 aliphatic rings. The molecule has 118 valence electrons. The summed E-state index contributed by atoms with van der Waals surface area (Å²) in [6.07, 6.45) is 3.78. The number of anilines is 1. The summed E-state index contributed by atoms with van der Waals surface area (Å²) in [5.41, 5.74) is 7.89. The maximum atomic E-state index is 12.2. The molecule has 1 saturated carbocycles. The maximum Gasteiger partial charge on any atom is 0.224 e. The first-order chi connectivity index (χ1) is 10.5. The summed E-state index contributed by atoms with van der Waals surface area (Å²) < 4.78 is 1.12. The minimum Gasteiger partial charge on any atom is -0.327 e. The van der Waals surface area contributed by atoms with E-state index in [0.717, 1.165) is 40.2 Å². The fourth-order valence-electron chi connectivity index (χ4n) is 3.04. The molecule has 1 amide bonds. The van der Waals surface area contributed by atoms with Gasteiger partial charge in [-0.1, -0.05) is 20.3 Å². The molecule has 3 rings (SSSR count). The molecule has 1 heterocycles. The lowest BCUT2D eigenvalue weighted by atomic mass is 10.00. The van der Waals surface area contributed by atoms with Crippen LogP contribution in [0.4, 0.5) is 5.69 Å². The third-order valence-electron chi connectivity index (χ3n) is 4.35. The Kier molecular flexibility index (Phi) is 4.45. The third kappa shape index (κ3) is 3.31. The van der Waals surface area contributed by atoms with Gasteiger partial charge in [-0.05, 0) is 37.0 Å². The Bertz CT molecular complexity index is 680. The fraction of sp³-hybridized carbons (Fsp3) is 0.529. The lowest BCUT2D eigenvalue weighted by molar-refractivity contribution is -0.117. The molecule has 5 heteroatoms. The van der Waals surface area contributed by atoms with Crippen molar-refractivity contribution in [1.29, 1.82) is 0 Å². The van der Waals surface area contributed by atoms with Crippen LogP contribution in [-0.4, -0.2) is 16.9 Å². The van der Waals surface area contributed by atoms with Gasteiger partial charge in [0.05, 0.1) is 15.2 Å². The van der Waals surface area contributed by atoms with Gasteiger partial charge in [-0.2, -0.15) is 0 Å². The summed E-state index contributed by atoms with van der Waals surface area (Å²) in [7, 11) is 0. The minimum absolute atomic E-state index is 0.0651. The Hall–Kier alpha value is -1.46. The third-order valence-corrected chi connectivity index (χ3v) is 5.67. The summed E-state index contributed by atoms with van der Waals surface area (Å²) >= 11 is 1.70. The van der Waals surface area contributed by atoms with Crippen molar-refractivity contribution in [3.05, 3.63) is 23.2 Å². The van der Waals surface area contributed by atoms with Crippen LogP contribution >= 0.6 is 11.3 Å². The Balaban J connectivity index is 1.69. The molecule has 0 unspecified atom stereocenters. The van der Waals surface area contributed by atoms with Crippen LogP contribution in [0.2, 0.25) is 0 Å². The van der Waals surface area contributed by atoms with Crippen LogP contribution in [-0.2, 0) is 4.79 Å². The smallest absolute Gasteiger partial charge is 0.224 e. The van der Waals surface area contributed by atoms with Gasteiger partial charge in [0.2, 0.25) is 5.91 Å². The van der Waals surface area contributed by atoms with Crippen molar-refractivity contribution in [2.24, 2.45) is 11.7 Å². The van der Waals surface area contributed by atoms with Crippen molar-refractivity contribution in [2.75, 3.05) is 5.32 Å². The number of fused-ring (bicyclic) bond motifs is 1. The summed E-state index contributed by atoms with van der Waals surface area (Å²) in [6.45, 7) is 4.29. The first-order valence-corrected chi connectivity index (χ1v) is 8.80. The van der Waals surface area contributed by atoms with Crippen molar-refractivity contribution in [2.45, 2.75) is 51.5 Å². The molecule has 0 saturated heterocycles. The Labute approximate surface area is 135 Å². The van der Waals surface area contributed by atoms with Gasteiger partial charge in [0.1, 0.15) is 0 Å². The second kappa shape index (κ2) is 6.34. The second-order valence-corrected chi connectivity index (χ2v) is 7.56. The molecule has 22 heavy (non-hydrogen) atoms. The number of carbonyl (C=O) groups excluding carboxylic acids is 1. The number of nitrogens with zero attached hydrogens (tertiary/aromatic N) is 1. The molecule has 0 radical (unpaired) electrons. The van der Waals surface area contributed by atoms with Crippen molar-refractivity contribution in [3.8, 4) is 0 Å². The van der Waals surface area contributed by atoms with Crippen LogP contribution in [0.5, 0.6) is 0 Å². The molecule has 2 aromatic rings. The summed E-state index contributed by atoms with van der Waals surface area (Å²) in [6, 6.07) is 6.11. The van der Waals surface area contributed by atoms with E-state index in [1.54, 1.807) is 11.3 Å². The van der Waals surface area contributed by atoms with E-state index in [1.165, 1.54) is 0 Å². The largest absolute Gasteiger partial charge is 0.327 e. The number of aromatic nitrogens is 1. The molecule has 4 nitrogen and oxygen atoms in total. The number of benzene rings is 1. The Morgan fingerprint density at radius 1 is 1.45 bits per heavy atom. The van der Waals surface area contributed by atoms with Gasteiger partial charge in [0.25, 0.3) is 0 Å². The van der Waals surface area contributed by atoms with Crippen LogP contribution in [0.1, 0.15) is 50.5 Å². The molecule has 0 aliphatic heterocycles. The molecule has 0 spiro atoms. The highest BCUT2D eigenvalue weighted by molar-refractivity contribution is 7.18. The van der Waals surface area contributed by atoms with E-state index >= 15 is 0 Å². The number of carbonyl (C=O) groups is 1. The van der Waals surface area contributed by atoms with Crippen molar-refractivity contribution >= 4 is 33.1 Å². The second-order valence-electron chi connectivity index (χ2n) is 6.50. The highest BCUT2D eigenvalue weighted by Crippen LogP contribution is 2.30. The van der Waals surface area contributed by atoms with Gasteiger partial charge in [-0.25, -0.2) is 4.98 Å². The van der Waals surface area contributed by atoms with Crippen LogP contribution in [0.3, 0.4) is 0 Å². The summed E-state index contributed by atoms with van der Waals surface area (Å²) in [4.78, 5) is 16.8. The minimum atomic E-state index is 0.0651. The number of amides is 1. The zero-order valence-corrected chi connectivity index (χ0v) is 14.0. The molecule has 1 aliphatic carbocycles. The van der Waals surface area contributed by atoms with E-state index in [9.17, 15) is 4.79 Å². The van der Waals surface area contributed by atoms with E-state index in [1.807, 2.05) is 18.2 Å². The molecule has 2 atom stereocenters. The first kappa shape index (κ1) is 15.4. The SMILES string of the molecule is CC(C)c1nc2ccc(NC(=O)C[C@@H]3CCC[C@H]3N)cc2s1. The van der Waals surface area contributed by atoms with Crippen LogP contribution in [0, 0.1) is 5.92 Å². The zero-order valence-electron chi connectivity index (χ0n) is 13.1. The van der Waals surface area contributed by atoms with Crippen molar-refractivity contribution < 1.29 is 4.79 Å². The molecule has 0 bridgehead atoms. The van der Waals surface area contributed by atoms with Crippen LogP contribution in [0.25, 0.3) is 10.2 Å². The molecular weight excluding hydrogens is 294 g/mol. The van der Waals surface area contributed by atoms with Crippen molar-refractivity contribution in [1.82, 2.24) is 4.98 Å². The number of hydrogen-bond acceptors (Lipinski definition) is 4. The lowest BCUT2D eigenvalue weighted by Gasteiger charge is -2.14. The quantitative estimate of drug-likeness (QED) is 0.899. The highest BCUT2D eigenvalue weighted by Gasteiger charge is 2.26.